The van der Waals surface area contributed by atoms with Crippen LogP contribution in [0.4, 0.5) is 0 Å². The smallest absolute Gasteiger partial charge is 0.0762 e. The van der Waals surface area contributed by atoms with Crippen molar-refractivity contribution in [1.29, 1.82) is 0 Å². The van der Waals surface area contributed by atoms with E-state index in [4.69, 9.17) is 5.10 Å². The van der Waals surface area contributed by atoms with Crippen molar-refractivity contribution in [1.82, 2.24) is 15.1 Å². The normalized spacial score (nSPS) is 18.2. The molecule has 0 bridgehead atoms. The Kier molecular flexibility index (Phi) is 5.24. The zero-order valence-electron chi connectivity index (χ0n) is 11.9. The van der Waals surface area contributed by atoms with E-state index in [2.05, 4.69) is 36.1 Å². The van der Waals surface area contributed by atoms with E-state index in [9.17, 15) is 0 Å². The lowest BCUT2D eigenvalue weighted by Gasteiger charge is -2.14. The predicted octanol–water partition coefficient (Wildman–Crippen LogP) is 3.52. The summed E-state index contributed by atoms with van der Waals surface area (Å²) in [6.45, 7) is 6.43. The minimum Gasteiger partial charge on any atom is -0.311 e. The quantitative estimate of drug-likeness (QED) is 0.809. The lowest BCUT2D eigenvalue weighted by Crippen LogP contribution is -2.19. The molecule has 0 atom stereocenters. The van der Waals surface area contributed by atoms with Crippen molar-refractivity contribution in [2.75, 3.05) is 6.54 Å². The van der Waals surface area contributed by atoms with Gasteiger partial charge in [0.15, 0.2) is 0 Å². The van der Waals surface area contributed by atoms with Gasteiger partial charge in [-0.15, -0.1) is 0 Å². The molecule has 1 aromatic rings. The van der Waals surface area contributed by atoms with E-state index in [1.54, 1.807) is 0 Å². The van der Waals surface area contributed by atoms with E-state index < -0.39 is 0 Å². The SMILES string of the molecule is CC(C)CNCc1ccn(C2CCCCCC2)n1. The first kappa shape index (κ1) is 13.6. The fourth-order valence-electron chi connectivity index (χ4n) is 2.69. The summed E-state index contributed by atoms with van der Waals surface area (Å²) in [5.74, 6) is 0.703. The number of rotatable bonds is 5. The Morgan fingerprint density at radius 3 is 2.67 bits per heavy atom. The number of hydrogen-bond donors (Lipinski definition) is 1. The van der Waals surface area contributed by atoms with Crippen LogP contribution in [0, 0.1) is 5.92 Å². The molecule has 3 heteroatoms. The molecule has 18 heavy (non-hydrogen) atoms. The minimum absolute atomic E-state index is 0.645. The number of aromatic nitrogens is 2. The van der Waals surface area contributed by atoms with Gasteiger partial charge in [-0.05, 0) is 31.4 Å². The molecule has 0 spiro atoms. The van der Waals surface area contributed by atoms with Gasteiger partial charge in [0.1, 0.15) is 0 Å². The Morgan fingerprint density at radius 2 is 2.00 bits per heavy atom. The van der Waals surface area contributed by atoms with Crippen LogP contribution < -0.4 is 5.32 Å². The highest BCUT2D eigenvalue weighted by Gasteiger charge is 2.14. The van der Waals surface area contributed by atoms with Crippen LogP contribution in [0.3, 0.4) is 0 Å². The van der Waals surface area contributed by atoms with Gasteiger partial charge in [0.2, 0.25) is 0 Å². The predicted molar refractivity (Wildman–Crippen MR) is 75.5 cm³/mol. The van der Waals surface area contributed by atoms with Crippen molar-refractivity contribution in [3.8, 4) is 0 Å². The second kappa shape index (κ2) is 6.93. The topological polar surface area (TPSA) is 29.9 Å². The van der Waals surface area contributed by atoms with Gasteiger partial charge in [0.25, 0.3) is 0 Å². The molecule has 1 saturated carbocycles. The van der Waals surface area contributed by atoms with E-state index in [0.717, 1.165) is 13.1 Å². The second-order valence-corrected chi connectivity index (χ2v) is 5.96. The molecule has 0 radical (unpaired) electrons. The summed E-state index contributed by atoms with van der Waals surface area (Å²) < 4.78 is 2.21. The molecule has 0 amide bonds. The van der Waals surface area contributed by atoms with E-state index in [0.29, 0.717) is 12.0 Å². The molecule has 3 nitrogen and oxygen atoms in total. The number of hydrogen-bond acceptors (Lipinski definition) is 2. The Morgan fingerprint density at radius 1 is 1.28 bits per heavy atom. The van der Waals surface area contributed by atoms with Crippen LogP contribution in [0.15, 0.2) is 12.3 Å². The third-order valence-electron chi connectivity index (χ3n) is 3.72. The van der Waals surface area contributed by atoms with Crippen molar-refractivity contribution in [2.24, 2.45) is 5.92 Å². The van der Waals surface area contributed by atoms with Crippen LogP contribution in [0.1, 0.15) is 64.1 Å². The van der Waals surface area contributed by atoms with Crippen molar-refractivity contribution in [2.45, 2.75) is 65.0 Å². The van der Waals surface area contributed by atoms with Gasteiger partial charge in [0.05, 0.1) is 11.7 Å². The van der Waals surface area contributed by atoms with E-state index in [-0.39, 0.29) is 0 Å². The maximum absolute atomic E-state index is 4.73. The largest absolute Gasteiger partial charge is 0.311 e. The standard InChI is InChI=1S/C15H27N3/c1-13(2)11-16-12-14-9-10-18(17-14)15-7-5-3-4-6-8-15/h9-10,13,15-16H,3-8,11-12H2,1-2H3. The third-order valence-corrected chi connectivity index (χ3v) is 3.72. The summed E-state index contributed by atoms with van der Waals surface area (Å²) in [7, 11) is 0. The first-order valence-corrected chi connectivity index (χ1v) is 7.50. The molecule has 2 rings (SSSR count). The molecular weight excluding hydrogens is 222 g/mol. The summed E-state index contributed by atoms with van der Waals surface area (Å²) in [6.07, 6.45) is 10.3. The highest BCUT2D eigenvalue weighted by molar-refractivity contribution is 4.99. The monoisotopic (exact) mass is 249 g/mol. The Balaban J connectivity index is 1.84. The van der Waals surface area contributed by atoms with Crippen LogP contribution in [0.25, 0.3) is 0 Å². The highest BCUT2D eigenvalue weighted by atomic mass is 15.3. The Labute approximate surface area is 111 Å². The van der Waals surface area contributed by atoms with Crippen molar-refractivity contribution in [3.63, 3.8) is 0 Å². The van der Waals surface area contributed by atoms with Gasteiger partial charge in [-0.1, -0.05) is 39.5 Å². The van der Waals surface area contributed by atoms with Crippen LogP contribution in [0.5, 0.6) is 0 Å². The lowest BCUT2D eigenvalue weighted by atomic mass is 10.1. The van der Waals surface area contributed by atoms with Crippen molar-refractivity contribution < 1.29 is 0 Å². The molecule has 1 aliphatic carbocycles. The summed E-state index contributed by atoms with van der Waals surface area (Å²) in [4.78, 5) is 0. The molecule has 102 valence electrons. The fraction of sp³-hybridized carbons (Fsp3) is 0.800. The molecule has 1 heterocycles. The average molecular weight is 249 g/mol. The maximum Gasteiger partial charge on any atom is 0.0762 e. The Hall–Kier alpha value is -0.830. The molecule has 0 aromatic carbocycles. The number of nitrogens with zero attached hydrogens (tertiary/aromatic N) is 2. The molecule has 0 aliphatic heterocycles. The zero-order chi connectivity index (χ0) is 12.8. The first-order chi connectivity index (χ1) is 8.75. The molecule has 0 unspecified atom stereocenters. The minimum atomic E-state index is 0.645. The third kappa shape index (κ3) is 4.13. The summed E-state index contributed by atoms with van der Waals surface area (Å²) >= 11 is 0. The molecule has 1 aliphatic rings. The zero-order valence-corrected chi connectivity index (χ0v) is 11.9. The summed E-state index contributed by atoms with van der Waals surface area (Å²) in [5.41, 5.74) is 1.18. The molecule has 1 fully saturated rings. The number of nitrogens with one attached hydrogen (secondary N) is 1. The first-order valence-electron chi connectivity index (χ1n) is 7.50. The van der Waals surface area contributed by atoms with Crippen LogP contribution >= 0.6 is 0 Å². The van der Waals surface area contributed by atoms with Crippen LogP contribution in [0.2, 0.25) is 0 Å². The Bertz CT molecular complexity index is 335. The second-order valence-electron chi connectivity index (χ2n) is 5.96. The summed E-state index contributed by atoms with van der Waals surface area (Å²) in [6, 6.07) is 2.81. The van der Waals surface area contributed by atoms with Crippen molar-refractivity contribution >= 4 is 0 Å². The molecule has 1 aromatic heterocycles. The van der Waals surface area contributed by atoms with Crippen LogP contribution in [-0.4, -0.2) is 16.3 Å². The van der Waals surface area contributed by atoms with Gasteiger partial charge in [0, 0.05) is 12.7 Å². The molecular formula is C15H27N3. The van der Waals surface area contributed by atoms with Crippen LogP contribution in [-0.2, 0) is 6.54 Å². The van der Waals surface area contributed by atoms with Gasteiger partial charge < -0.3 is 5.32 Å². The lowest BCUT2D eigenvalue weighted by molar-refractivity contribution is 0.401. The highest BCUT2D eigenvalue weighted by Crippen LogP contribution is 2.26. The fourth-order valence-corrected chi connectivity index (χ4v) is 2.69. The van der Waals surface area contributed by atoms with Gasteiger partial charge >= 0.3 is 0 Å². The van der Waals surface area contributed by atoms with Crippen molar-refractivity contribution in [3.05, 3.63) is 18.0 Å². The van der Waals surface area contributed by atoms with Gasteiger partial charge in [-0.3, -0.25) is 4.68 Å². The van der Waals surface area contributed by atoms with Gasteiger partial charge in [-0.25, -0.2) is 0 Å². The maximum atomic E-state index is 4.73. The average Bonchev–Trinajstić information content (AvgIpc) is 2.63. The molecule has 1 N–H and O–H groups in total. The van der Waals surface area contributed by atoms with Gasteiger partial charge in [-0.2, -0.15) is 5.10 Å². The van der Waals surface area contributed by atoms with E-state index in [1.807, 2.05) is 0 Å². The molecule has 0 saturated heterocycles. The van der Waals surface area contributed by atoms with E-state index in [1.165, 1.54) is 44.2 Å². The van der Waals surface area contributed by atoms with E-state index >= 15 is 0 Å². The summed E-state index contributed by atoms with van der Waals surface area (Å²) in [5, 5.41) is 8.18.